The molecule has 3 aromatic rings. The molecule has 180 valence electrons. The summed E-state index contributed by atoms with van der Waals surface area (Å²) in [4.78, 5) is 15.7. The van der Waals surface area contributed by atoms with Crippen LogP contribution in [-0.2, 0) is 14.8 Å². The van der Waals surface area contributed by atoms with Gasteiger partial charge in [0.2, 0.25) is 0 Å². The Hall–Kier alpha value is -2.30. The zero-order chi connectivity index (χ0) is 24.5. The van der Waals surface area contributed by atoms with Crippen molar-refractivity contribution in [3.63, 3.8) is 0 Å². The topological polar surface area (TPSA) is 87.7 Å². The molecular formula is C23H23Cl2N3O4S2. The summed E-state index contributed by atoms with van der Waals surface area (Å²) < 4.78 is 33.5. The number of nitrogens with zero attached hydrogens (tertiary/aromatic N) is 1. The largest absolute Gasteiger partial charge is 0.378 e. The molecule has 1 amide bonds. The standard InChI is InChI=1S/C23H23Cl2N3O4S2/c1-14-13-18(25)21(28-8-10-32-11-9-28)15(2)20(14)26-23(29)22-19(7-12-33-22)27-34(30,31)17-5-3-16(24)4-6-17/h3-7,12-13,27H,8-11H2,1-2H3,(H,26,29). The highest BCUT2D eigenvalue weighted by molar-refractivity contribution is 7.92. The van der Waals surface area contributed by atoms with Crippen LogP contribution in [0.15, 0.2) is 46.7 Å². The first-order chi connectivity index (χ1) is 16.2. The normalized spacial score (nSPS) is 14.2. The number of anilines is 3. The van der Waals surface area contributed by atoms with Gasteiger partial charge in [0.15, 0.2) is 0 Å². The highest BCUT2D eigenvalue weighted by Gasteiger charge is 2.24. The number of carbonyl (C=O) groups is 1. The smallest absolute Gasteiger partial charge is 0.267 e. The molecule has 2 aromatic carbocycles. The fraction of sp³-hybridized carbons (Fsp3) is 0.261. The number of amides is 1. The molecule has 1 aliphatic rings. The molecule has 0 atom stereocenters. The van der Waals surface area contributed by atoms with Crippen LogP contribution in [-0.4, -0.2) is 40.6 Å². The van der Waals surface area contributed by atoms with E-state index in [1.54, 1.807) is 11.4 Å². The maximum absolute atomic E-state index is 13.2. The Bertz CT molecular complexity index is 1320. The average molecular weight is 540 g/mol. The molecule has 0 radical (unpaired) electrons. The number of hydrogen-bond donors (Lipinski definition) is 2. The number of aryl methyl sites for hydroxylation is 1. The number of thiophene rings is 1. The third kappa shape index (κ3) is 5.18. The molecule has 11 heteroatoms. The van der Waals surface area contributed by atoms with Crippen molar-refractivity contribution >= 4 is 67.5 Å². The van der Waals surface area contributed by atoms with Crippen molar-refractivity contribution < 1.29 is 17.9 Å². The number of benzene rings is 2. The Balaban J connectivity index is 1.60. The lowest BCUT2D eigenvalue weighted by Gasteiger charge is -2.32. The minimum atomic E-state index is -3.89. The van der Waals surface area contributed by atoms with Gasteiger partial charge in [-0.3, -0.25) is 9.52 Å². The molecule has 2 heterocycles. The molecule has 1 aromatic heterocycles. The Labute approximate surface area is 212 Å². The van der Waals surface area contributed by atoms with Gasteiger partial charge in [-0.15, -0.1) is 11.3 Å². The minimum absolute atomic E-state index is 0.0500. The number of carbonyl (C=O) groups excluding carboxylic acids is 1. The van der Waals surface area contributed by atoms with Crippen molar-refractivity contribution in [2.45, 2.75) is 18.7 Å². The first kappa shape index (κ1) is 24.8. The number of halogens is 2. The van der Waals surface area contributed by atoms with E-state index < -0.39 is 15.9 Å². The number of nitrogens with one attached hydrogen (secondary N) is 2. The maximum Gasteiger partial charge on any atom is 0.267 e. The highest BCUT2D eigenvalue weighted by atomic mass is 35.5. The van der Waals surface area contributed by atoms with Gasteiger partial charge in [0.1, 0.15) is 4.88 Å². The van der Waals surface area contributed by atoms with Gasteiger partial charge in [0, 0.05) is 23.8 Å². The highest BCUT2D eigenvalue weighted by Crippen LogP contribution is 2.38. The molecule has 0 saturated carbocycles. The van der Waals surface area contributed by atoms with E-state index in [1.165, 1.54) is 24.3 Å². The lowest BCUT2D eigenvalue weighted by atomic mass is 10.0. The van der Waals surface area contributed by atoms with Crippen LogP contribution < -0.4 is 14.9 Å². The van der Waals surface area contributed by atoms with Crippen molar-refractivity contribution in [2.24, 2.45) is 0 Å². The van der Waals surface area contributed by atoms with Crippen LogP contribution in [0.5, 0.6) is 0 Å². The van der Waals surface area contributed by atoms with Crippen LogP contribution >= 0.6 is 34.5 Å². The van der Waals surface area contributed by atoms with E-state index >= 15 is 0 Å². The second kappa shape index (κ2) is 10.1. The van der Waals surface area contributed by atoms with E-state index in [2.05, 4.69) is 14.9 Å². The quantitative estimate of drug-likeness (QED) is 0.428. The number of sulfonamides is 1. The van der Waals surface area contributed by atoms with Crippen molar-refractivity contribution in [1.82, 2.24) is 0 Å². The van der Waals surface area contributed by atoms with Crippen LogP contribution in [0.1, 0.15) is 20.8 Å². The summed E-state index contributed by atoms with van der Waals surface area (Å²) in [5, 5.41) is 5.67. The monoisotopic (exact) mass is 539 g/mol. The van der Waals surface area contributed by atoms with E-state index in [1.807, 2.05) is 19.9 Å². The Morgan fingerprint density at radius 2 is 1.76 bits per heavy atom. The second-order valence-corrected chi connectivity index (χ2v) is 11.2. The third-order valence-electron chi connectivity index (χ3n) is 5.50. The van der Waals surface area contributed by atoms with Crippen molar-refractivity contribution in [2.75, 3.05) is 41.2 Å². The van der Waals surface area contributed by atoms with E-state index in [9.17, 15) is 13.2 Å². The molecule has 0 bridgehead atoms. The molecule has 7 nitrogen and oxygen atoms in total. The first-order valence-corrected chi connectivity index (χ1v) is 13.6. The molecule has 1 saturated heterocycles. The number of morpholine rings is 1. The minimum Gasteiger partial charge on any atom is -0.378 e. The van der Waals surface area contributed by atoms with Crippen LogP contribution in [0.2, 0.25) is 10.0 Å². The fourth-order valence-electron chi connectivity index (χ4n) is 3.84. The van der Waals surface area contributed by atoms with E-state index in [4.69, 9.17) is 27.9 Å². The number of hydrogen-bond acceptors (Lipinski definition) is 6. The predicted octanol–water partition coefficient (Wildman–Crippen LogP) is 5.56. The third-order valence-corrected chi connectivity index (χ3v) is 8.33. The molecule has 0 aliphatic carbocycles. The Kier molecular flexibility index (Phi) is 7.39. The summed E-state index contributed by atoms with van der Waals surface area (Å²) in [6.07, 6.45) is 0. The average Bonchev–Trinajstić information content (AvgIpc) is 3.25. The Morgan fingerprint density at radius 3 is 2.44 bits per heavy atom. The van der Waals surface area contributed by atoms with Crippen LogP contribution in [0.4, 0.5) is 17.1 Å². The summed E-state index contributed by atoms with van der Waals surface area (Å²) in [6.45, 7) is 6.42. The number of rotatable bonds is 6. The van der Waals surface area contributed by atoms with E-state index in [-0.39, 0.29) is 15.5 Å². The van der Waals surface area contributed by atoms with E-state index in [0.717, 1.165) is 28.2 Å². The Morgan fingerprint density at radius 1 is 1.09 bits per heavy atom. The van der Waals surface area contributed by atoms with Gasteiger partial charge < -0.3 is 15.0 Å². The molecule has 1 aliphatic heterocycles. The van der Waals surface area contributed by atoms with Crippen molar-refractivity contribution in [3.8, 4) is 0 Å². The van der Waals surface area contributed by atoms with Crippen molar-refractivity contribution in [3.05, 3.63) is 67.8 Å². The lowest BCUT2D eigenvalue weighted by Crippen LogP contribution is -2.37. The van der Waals surface area contributed by atoms with Gasteiger partial charge in [-0.25, -0.2) is 8.42 Å². The lowest BCUT2D eigenvalue weighted by molar-refractivity contribution is 0.103. The molecule has 34 heavy (non-hydrogen) atoms. The summed E-state index contributed by atoms with van der Waals surface area (Å²) in [5.74, 6) is -0.412. The van der Waals surface area contributed by atoms with Crippen LogP contribution in [0.25, 0.3) is 0 Å². The molecule has 0 unspecified atom stereocenters. The zero-order valence-electron chi connectivity index (χ0n) is 18.5. The van der Waals surface area contributed by atoms with Gasteiger partial charge >= 0.3 is 0 Å². The first-order valence-electron chi connectivity index (χ1n) is 10.5. The second-order valence-electron chi connectivity index (χ2n) is 7.80. The van der Waals surface area contributed by atoms with Crippen LogP contribution in [0, 0.1) is 13.8 Å². The van der Waals surface area contributed by atoms with Gasteiger partial charge in [-0.05, 0) is 66.8 Å². The van der Waals surface area contributed by atoms with Gasteiger partial charge in [0.25, 0.3) is 15.9 Å². The fourth-order valence-corrected chi connectivity index (χ4v) is 6.28. The summed E-state index contributed by atoms with van der Waals surface area (Å²) in [5.41, 5.74) is 3.37. The summed E-state index contributed by atoms with van der Waals surface area (Å²) >= 11 is 13.6. The molecule has 0 spiro atoms. The molecular weight excluding hydrogens is 517 g/mol. The molecule has 4 rings (SSSR count). The number of ether oxygens (including phenoxy) is 1. The van der Waals surface area contributed by atoms with Crippen molar-refractivity contribution in [1.29, 1.82) is 0 Å². The van der Waals surface area contributed by atoms with Crippen LogP contribution in [0.3, 0.4) is 0 Å². The molecule has 1 fully saturated rings. The SMILES string of the molecule is Cc1cc(Cl)c(N2CCOCC2)c(C)c1NC(=O)c1sccc1NS(=O)(=O)c1ccc(Cl)cc1. The zero-order valence-corrected chi connectivity index (χ0v) is 21.7. The predicted molar refractivity (Wildman–Crippen MR) is 138 cm³/mol. The summed E-state index contributed by atoms with van der Waals surface area (Å²) in [7, 11) is -3.89. The maximum atomic E-state index is 13.2. The summed E-state index contributed by atoms with van der Waals surface area (Å²) in [6, 6.07) is 9.20. The van der Waals surface area contributed by atoms with E-state index in [0.29, 0.717) is 42.0 Å². The van der Waals surface area contributed by atoms with Gasteiger partial charge in [-0.2, -0.15) is 0 Å². The van der Waals surface area contributed by atoms with Gasteiger partial charge in [-0.1, -0.05) is 23.2 Å². The molecule has 2 N–H and O–H groups in total. The van der Waals surface area contributed by atoms with Gasteiger partial charge in [0.05, 0.1) is 34.5 Å².